The van der Waals surface area contributed by atoms with E-state index in [0.29, 0.717) is 24.2 Å². The number of halogens is 1. The highest BCUT2D eigenvalue weighted by atomic mass is 35.5. The van der Waals surface area contributed by atoms with Gasteiger partial charge in [0.1, 0.15) is 5.15 Å². The third kappa shape index (κ3) is 1.98. The summed E-state index contributed by atoms with van der Waals surface area (Å²) < 4.78 is 5.37. The van der Waals surface area contributed by atoms with Crippen molar-refractivity contribution in [1.29, 1.82) is 0 Å². The van der Waals surface area contributed by atoms with Gasteiger partial charge in [-0.25, -0.2) is 9.97 Å². The molecular formula is C13H12ClN3O. The van der Waals surface area contributed by atoms with Gasteiger partial charge in [-0.15, -0.1) is 0 Å². The van der Waals surface area contributed by atoms with E-state index in [4.69, 9.17) is 16.3 Å². The topological polar surface area (TPSA) is 47.9 Å². The van der Waals surface area contributed by atoms with E-state index in [1.54, 1.807) is 12.4 Å². The number of rotatable bonds is 1. The zero-order valence-electron chi connectivity index (χ0n) is 9.98. The van der Waals surface area contributed by atoms with Crippen molar-refractivity contribution < 1.29 is 4.74 Å². The molecule has 0 saturated heterocycles. The van der Waals surface area contributed by atoms with Gasteiger partial charge in [-0.2, -0.15) is 0 Å². The molecule has 0 spiro atoms. The van der Waals surface area contributed by atoms with E-state index >= 15 is 0 Å². The highest BCUT2D eigenvalue weighted by Gasteiger charge is 2.18. The summed E-state index contributed by atoms with van der Waals surface area (Å²) in [5.74, 6) is 0.667. The second-order valence-corrected chi connectivity index (χ2v) is 4.61. The van der Waals surface area contributed by atoms with E-state index in [1.165, 1.54) is 0 Å². The standard InChI is InChI=1S/C13H12ClN3O/c1-8-6-15-4-2-9(8)13-16-11-3-5-18-7-10(11)12(14)17-13/h2,4,6H,3,5,7H2,1H3. The fourth-order valence-corrected chi connectivity index (χ4v) is 2.28. The van der Waals surface area contributed by atoms with Gasteiger partial charge in [0.25, 0.3) is 0 Å². The molecule has 0 saturated carbocycles. The predicted octanol–water partition coefficient (Wildman–Crippen LogP) is 2.57. The highest BCUT2D eigenvalue weighted by Crippen LogP contribution is 2.26. The first-order valence-corrected chi connectivity index (χ1v) is 6.17. The van der Waals surface area contributed by atoms with E-state index in [9.17, 15) is 0 Å². The molecular weight excluding hydrogens is 250 g/mol. The maximum atomic E-state index is 6.20. The SMILES string of the molecule is Cc1cnccc1-c1nc(Cl)c2c(n1)CCOC2. The number of hydrogen-bond acceptors (Lipinski definition) is 4. The average molecular weight is 262 g/mol. The van der Waals surface area contributed by atoms with Crippen molar-refractivity contribution in [3.05, 3.63) is 40.4 Å². The lowest BCUT2D eigenvalue weighted by Gasteiger charge is -2.17. The Morgan fingerprint density at radius 3 is 3.06 bits per heavy atom. The molecule has 0 aromatic carbocycles. The van der Waals surface area contributed by atoms with E-state index in [1.807, 2.05) is 13.0 Å². The van der Waals surface area contributed by atoms with Crippen molar-refractivity contribution in [2.75, 3.05) is 6.61 Å². The van der Waals surface area contributed by atoms with Crippen LogP contribution in [0.5, 0.6) is 0 Å². The Labute approximate surface area is 110 Å². The zero-order chi connectivity index (χ0) is 12.5. The summed E-state index contributed by atoms with van der Waals surface area (Å²) in [5, 5.41) is 0.492. The molecule has 0 N–H and O–H groups in total. The molecule has 2 aromatic heterocycles. The van der Waals surface area contributed by atoms with Crippen molar-refractivity contribution in [3.63, 3.8) is 0 Å². The van der Waals surface area contributed by atoms with Crippen molar-refractivity contribution >= 4 is 11.6 Å². The molecule has 3 heterocycles. The van der Waals surface area contributed by atoms with Gasteiger partial charge in [-0.3, -0.25) is 4.98 Å². The second kappa shape index (κ2) is 4.63. The first kappa shape index (κ1) is 11.6. The van der Waals surface area contributed by atoms with E-state index in [-0.39, 0.29) is 0 Å². The normalized spacial score (nSPS) is 14.3. The molecule has 0 bridgehead atoms. The van der Waals surface area contributed by atoms with Crippen LogP contribution in [-0.2, 0) is 17.8 Å². The quantitative estimate of drug-likeness (QED) is 0.741. The summed E-state index contributed by atoms with van der Waals surface area (Å²) in [4.78, 5) is 13.0. The second-order valence-electron chi connectivity index (χ2n) is 4.26. The van der Waals surface area contributed by atoms with Crippen LogP contribution in [0.3, 0.4) is 0 Å². The summed E-state index contributed by atoms with van der Waals surface area (Å²) in [6.45, 7) is 3.18. The van der Waals surface area contributed by atoms with E-state index < -0.39 is 0 Å². The summed E-state index contributed by atoms with van der Waals surface area (Å²) >= 11 is 6.20. The lowest BCUT2D eigenvalue weighted by molar-refractivity contribution is 0.109. The molecule has 18 heavy (non-hydrogen) atoms. The maximum Gasteiger partial charge on any atom is 0.161 e. The maximum absolute atomic E-state index is 6.20. The number of ether oxygens (including phenoxy) is 1. The lowest BCUT2D eigenvalue weighted by Crippen LogP contribution is -2.14. The highest BCUT2D eigenvalue weighted by molar-refractivity contribution is 6.30. The van der Waals surface area contributed by atoms with E-state index in [2.05, 4.69) is 15.0 Å². The first-order valence-electron chi connectivity index (χ1n) is 5.79. The van der Waals surface area contributed by atoms with Crippen LogP contribution >= 0.6 is 11.6 Å². The van der Waals surface area contributed by atoms with Gasteiger partial charge < -0.3 is 4.74 Å². The van der Waals surface area contributed by atoms with Crippen LogP contribution in [0.15, 0.2) is 18.5 Å². The molecule has 1 aliphatic heterocycles. The summed E-state index contributed by atoms with van der Waals surface area (Å²) in [7, 11) is 0. The number of aryl methyl sites for hydroxylation is 1. The zero-order valence-corrected chi connectivity index (χ0v) is 10.7. The van der Waals surface area contributed by atoms with Gasteiger partial charge in [-0.05, 0) is 18.6 Å². The van der Waals surface area contributed by atoms with Gasteiger partial charge in [0.2, 0.25) is 0 Å². The van der Waals surface area contributed by atoms with E-state index in [0.717, 1.165) is 28.8 Å². The number of hydrogen-bond donors (Lipinski definition) is 0. The van der Waals surface area contributed by atoms with Crippen molar-refractivity contribution in [1.82, 2.24) is 15.0 Å². The Morgan fingerprint density at radius 1 is 1.33 bits per heavy atom. The van der Waals surface area contributed by atoms with Crippen molar-refractivity contribution in [3.8, 4) is 11.4 Å². The van der Waals surface area contributed by atoms with Crippen LogP contribution in [0.4, 0.5) is 0 Å². The molecule has 0 unspecified atom stereocenters. The smallest absolute Gasteiger partial charge is 0.161 e. The molecule has 4 nitrogen and oxygen atoms in total. The molecule has 3 rings (SSSR count). The minimum absolute atomic E-state index is 0.492. The lowest BCUT2D eigenvalue weighted by atomic mass is 10.1. The van der Waals surface area contributed by atoms with Crippen LogP contribution in [0, 0.1) is 6.92 Å². The Morgan fingerprint density at radius 2 is 2.22 bits per heavy atom. The third-order valence-corrected chi connectivity index (χ3v) is 3.35. The average Bonchev–Trinajstić information content (AvgIpc) is 2.39. The molecule has 0 radical (unpaired) electrons. The minimum atomic E-state index is 0.492. The van der Waals surface area contributed by atoms with Crippen LogP contribution in [0.1, 0.15) is 16.8 Å². The van der Waals surface area contributed by atoms with Gasteiger partial charge in [0.05, 0.1) is 18.9 Å². The Hall–Kier alpha value is -1.52. The molecule has 2 aromatic rings. The Bertz CT molecular complexity index is 601. The summed E-state index contributed by atoms with van der Waals surface area (Å²) in [6.07, 6.45) is 4.33. The van der Waals surface area contributed by atoms with Crippen LogP contribution in [0.25, 0.3) is 11.4 Å². The molecule has 0 atom stereocenters. The number of aromatic nitrogens is 3. The summed E-state index contributed by atoms with van der Waals surface area (Å²) in [6, 6.07) is 1.91. The predicted molar refractivity (Wildman–Crippen MR) is 68.4 cm³/mol. The number of fused-ring (bicyclic) bond motifs is 1. The Balaban J connectivity index is 2.14. The fraction of sp³-hybridized carbons (Fsp3) is 0.308. The van der Waals surface area contributed by atoms with Gasteiger partial charge in [-0.1, -0.05) is 11.6 Å². The van der Waals surface area contributed by atoms with Gasteiger partial charge in [0, 0.05) is 29.9 Å². The fourth-order valence-electron chi connectivity index (χ4n) is 2.04. The van der Waals surface area contributed by atoms with Crippen molar-refractivity contribution in [2.45, 2.75) is 20.0 Å². The molecule has 5 heteroatoms. The molecule has 0 fully saturated rings. The third-order valence-electron chi connectivity index (χ3n) is 3.03. The van der Waals surface area contributed by atoms with Crippen molar-refractivity contribution in [2.24, 2.45) is 0 Å². The molecule has 0 aliphatic carbocycles. The Kier molecular flexibility index (Phi) is 2.97. The molecule has 92 valence electrons. The summed E-state index contributed by atoms with van der Waals surface area (Å²) in [5.41, 5.74) is 3.92. The van der Waals surface area contributed by atoms with Crippen LogP contribution < -0.4 is 0 Å². The molecule has 0 amide bonds. The minimum Gasteiger partial charge on any atom is -0.376 e. The first-order chi connectivity index (χ1) is 8.75. The number of nitrogens with zero attached hydrogens (tertiary/aromatic N) is 3. The molecule has 1 aliphatic rings. The van der Waals surface area contributed by atoms with Crippen LogP contribution in [-0.4, -0.2) is 21.6 Å². The number of pyridine rings is 1. The van der Waals surface area contributed by atoms with Gasteiger partial charge in [0.15, 0.2) is 5.82 Å². The van der Waals surface area contributed by atoms with Crippen LogP contribution in [0.2, 0.25) is 5.15 Å². The monoisotopic (exact) mass is 261 g/mol. The largest absolute Gasteiger partial charge is 0.376 e. The van der Waals surface area contributed by atoms with Gasteiger partial charge >= 0.3 is 0 Å².